The SMILES string of the molecule is CC(C)CCn1cnc2c(c1=O)c1nc3ccccc3nc1n2-c1cccc(Cl)c1. The lowest BCUT2D eigenvalue weighted by Gasteiger charge is -2.09. The predicted molar refractivity (Wildman–Crippen MR) is 120 cm³/mol. The molecule has 5 aromatic rings. The first kappa shape index (κ1) is 18.8. The molecule has 0 saturated heterocycles. The van der Waals surface area contributed by atoms with Gasteiger partial charge in [0.05, 0.1) is 23.0 Å². The van der Waals surface area contributed by atoms with Crippen molar-refractivity contribution in [3.05, 3.63) is 70.2 Å². The molecular formula is C23H20ClN5O. The molecule has 0 N–H and O–H groups in total. The van der Waals surface area contributed by atoms with Crippen LogP contribution in [-0.4, -0.2) is 24.1 Å². The summed E-state index contributed by atoms with van der Waals surface area (Å²) >= 11 is 6.25. The lowest BCUT2D eigenvalue weighted by molar-refractivity contribution is 0.506. The highest BCUT2D eigenvalue weighted by atomic mass is 35.5. The molecule has 0 atom stereocenters. The zero-order chi connectivity index (χ0) is 20.8. The van der Waals surface area contributed by atoms with E-state index in [1.54, 1.807) is 10.9 Å². The summed E-state index contributed by atoms with van der Waals surface area (Å²) < 4.78 is 3.53. The van der Waals surface area contributed by atoms with E-state index in [2.05, 4.69) is 18.8 Å². The van der Waals surface area contributed by atoms with Crippen LogP contribution in [0.3, 0.4) is 0 Å². The van der Waals surface area contributed by atoms with Crippen LogP contribution in [0.2, 0.25) is 5.02 Å². The summed E-state index contributed by atoms with van der Waals surface area (Å²) in [4.78, 5) is 27.7. The molecule has 0 unspecified atom stereocenters. The van der Waals surface area contributed by atoms with Gasteiger partial charge in [-0.3, -0.25) is 13.9 Å². The highest BCUT2D eigenvalue weighted by Crippen LogP contribution is 2.29. The van der Waals surface area contributed by atoms with Crippen molar-refractivity contribution in [2.24, 2.45) is 5.92 Å². The topological polar surface area (TPSA) is 65.6 Å². The summed E-state index contributed by atoms with van der Waals surface area (Å²) in [5, 5.41) is 1.08. The number of aryl methyl sites for hydroxylation is 1. The smallest absolute Gasteiger partial charge is 0.265 e. The van der Waals surface area contributed by atoms with Crippen molar-refractivity contribution < 1.29 is 0 Å². The summed E-state index contributed by atoms with van der Waals surface area (Å²) in [5.41, 5.74) is 3.88. The third-order valence-corrected chi connectivity index (χ3v) is 5.48. The summed E-state index contributed by atoms with van der Waals surface area (Å²) in [7, 11) is 0. The Hall–Kier alpha value is -3.25. The monoisotopic (exact) mass is 417 g/mol. The maximum Gasteiger partial charge on any atom is 0.265 e. The van der Waals surface area contributed by atoms with Gasteiger partial charge in [0.2, 0.25) is 0 Å². The van der Waals surface area contributed by atoms with Crippen molar-refractivity contribution in [2.75, 3.05) is 0 Å². The van der Waals surface area contributed by atoms with Gasteiger partial charge < -0.3 is 0 Å². The average Bonchev–Trinajstić information content (AvgIpc) is 3.05. The third kappa shape index (κ3) is 3.04. The predicted octanol–water partition coefficient (Wildman–Crippen LogP) is 4.98. The average molecular weight is 418 g/mol. The maximum absolute atomic E-state index is 13.4. The van der Waals surface area contributed by atoms with Crippen LogP contribution < -0.4 is 5.56 Å². The van der Waals surface area contributed by atoms with E-state index in [0.717, 1.165) is 23.1 Å². The van der Waals surface area contributed by atoms with E-state index in [0.29, 0.717) is 39.7 Å². The minimum atomic E-state index is -0.101. The number of fused-ring (bicyclic) bond motifs is 4. The molecule has 0 aliphatic rings. The van der Waals surface area contributed by atoms with Crippen LogP contribution >= 0.6 is 11.6 Å². The van der Waals surface area contributed by atoms with Gasteiger partial charge in [-0.15, -0.1) is 0 Å². The Morgan fingerprint density at radius 2 is 1.77 bits per heavy atom. The lowest BCUT2D eigenvalue weighted by atomic mass is 10.1. The Bertz CT molecular complexity index is 1470. The normalized spacial score (nSPS) is 11.9. The number of para-hydroxylation sites is 2. The molecule has 150 valence electrons. The molecule has 30 heavy (non-hydrogen) atoms. The lowest BCUT2D eigenvalue weighted by Crippen LogP contribution is -2.21. The highest BCUT2D eigenvalue weighted by molar-refractivity contribution is 6.30. The van der Waals surface area contributed by atoms with Crippen LogP contribution in [0, 0.1) is 5.92 Å². The first-order valence-corrected chi connectivity index (χ1v) is 10.3. The van der Waals surface area contributed by atoms with Crippen molar-refractivity contribution in [2.45, 2.75) is 26.8 Å². The molecule has 0 aliphatic carbocycles. The van der Waals surface area contributed by atoms with E-state index in [1.165, 1.54) is 0 Å². The second kappa shape index (κ2) is 7.22. The van der Waals surface area contributed by atoms with Crippen LogP contribution in [-0.2, 0) is 6.54 Å². The number of hydrogen-bond acceptors (Lipinski definition) is 4. The molecule has 5 rings (SSSR count). The first-order valence-electron chi connectivity index (χ1n) is 9.95. The van der Waals surface area contributed by atoms with Crippen LogP contribution in [0.5, 0.6) is 0 Å². The van der Waals surface area contributed by atoms with Gasteiger partial charge in [0.15, 0.2) is 11.3 Å². The molecule has 3 aromatic heterocycles. The minimum Gasteiger partial charge on any atom is -0.299 e. The summed E-state index contributed by atoms with van der Waals surface area (Å²) in [6.07, 6.45) is 2.52. The molecule has 0 bridgehead atoms. The molecular weight excluding hydrogens is 398 g/mol. The van der Waals surface area contributed by atoms with Gasteiger partial charge in [-0.05, 0) is 42.7 Å². The highest BCUT2D eigenvalue weighted by Gasteiger charge is 2.21. The van der Waals surface area contributed by atoms with Crippen LogP contribution in [0.1, 0.15) is 20.3 Å². The van der Waals surface area contributed by atoms with Gasteiger partial charge in [0, 0.05) is 11.6 Å². The van der Waals surface area contributed by atoms with E-state index in [1.807, 2.05) is 53.1 Å². The molecule has 0 fully saturated rings. The van der Waals surface area contributed by atoms with E-state index in [9.17, 15) is 4.79 Å². The molecule has 3 heterocycles. The quantitative estimate of drug-likeness (QED) is 0.413. The van der Waals surface area contributed by atoms with Crippen LogP contribution in [0.15, 0.2) is 59.7 Å². The molecule has 6 nitrogen and oxygen atoms in total. The third-order valence-electron chi connectivity index (χ3n) is 5.24. The molecule has 7 heteroatoms. The zero-order valence-electron chi connectivity index (χ0n) is 16.7. The van der Waals surface area contributed by atoms with Gasteiger partial charge in [0.1, 0.15) is 10.9 Å². The van der Waals surface area contributed by atoms with Crippen molar-refractivity contribution in [1.29, 1.82) is 0 Å². The second-order valence-electron chi connectivity index (χ2n) is 7.82. The fraction of sp³-hybridized carbons (Fsp3) is 0.217. The maximum atomic E-state index is 13.4. The largest absolute Gasteiger partial charge is 0.299 e. The number of halogens is 1. The van der Waals surface area contributed by atoms with E-state index >= 15 is 0 Å². The van der Waals surface area contributed by atoms with E-state index in [4.69, 9.17) is 21.6 Å². The minimum absolute atomic E-state index is 0.101. The van der Waals surface area contributed by atoms with Crippen LogP contribution in [0.4, 0.5) is 0 Å². The Kier molecular flexibility index (Phi) is 4.51. The number of aromatic nitrogens is 5. The van der Waals surface area contributed by atoms with E-state index in [-0.39, 0.29) is 5.56 Å². The van der Waals surface area contributed by atoms with Gasteiger partial charge in [0.25, 0.3) is 5.56 Å². The molecule has 0 saturated carbocycles. The van der Waals surface area contributed by atoms with Crippen molar-refractivity contribution in [3.63, 3.8) is 0 Å². The van der Waals surface area contributed by atoms with Gasteiger partial charge in [-0.2, -0.15) is 0 Å². The standard InChI is InChI=1S/C23H20ClN5O/c1-14(2)10-11-28-13-25-21-19(23(28)30)20-22(27-18-9-4-3-8-17(18)26-20)29(21)16-7-5-6-15(24)12-16/h3-9,12-14H,10-11H2,1-2H3. The summed E-state index contributed by atoms with van der Waals surface area (Å²) in [6, 6.07) is 15.1. The number of benzene rings is 2. The Morgan fingerprint density at radius 1 is 1.00 bits per heavy atom. The molecule has 2 aromatic carbocycles. The second-order valence-corrected chi connectivity index (χ2v) is 8.26. The molecule has 0 radical (unpaired) electrons. The number of rotatable bonds is 4. The Balaban J connectivity index is 1.90. The summed E-state index contributed by atoms with van der Waals surface area (Å²) in [6.45, 7) is 4.89. The van der Waals surface area contributed by atoms with Crippen molar-refractivity contribution in [1.82, 2.24) is 24.1 Å². The van der Waals surface area contributed by atoms with Gasteiger partial charge in [-0.25, -0.2) is 15.0 Å². The van der Waals surface area contributed by atoms with Crippen molar-refractivity contribution in [3.8, 4) is 5.69 Å². The molecule has 0 spiro atoms. The number of nitrogens with zero attached hydrogens (tertiary/aromatic N) is 5. The van der Waals surface area contributed by atoms with Gasteiger partial charge >= 0.3 is 0 Å². The fourth-order valence-electron chi connectivity index (χ4n) is 3.69. The zero-order valence-corrected chi connectivity index (χ0v) is 17.5. The Morgan fingerprint density at radius 3 is 2.50 bits per heavy atom. The molecule has 0 amide bonds. The summed E-state index contributed by atoms with van der Waals surface area (Å²) in [5.74, 6) is 0.490. The fourth-order valence-corrected chi connectivity index (χ4v) is 3.87. The number of hydrogen-bond donors (Lipinski definition) is 0. The Labute approximate surface area is 177 Å². The first-order chi connectivity index (χ1) is 14.5. The molecule has 0 aliphatic heterocycles. The van der Waals surface area contributed by atoms with Gasteiger partial charge in [-0.1, -0.05) is 43.6 Å². The van der Waals surface area contributed by atoms with Crippen molar-refractivity contribution >= 4 is 44.8 Å². The van der Waals surface area contributed by atoms with E-state index < -0.39 is 0 Å². The van der Waals surface area contributed by atoms with Crippen LogP contribution in [0.25, 0.3) is 38.9 Å².